The van der Waals surface area contributed by atoms with Crippen LogP contribution in [0.5, 0.6) is 0 Å². The molecule has 0 bridgehead atoms. The molecular weight excluding hydrogens is 347 g/mol. The van der Waals surface area contributed by atoms with Crippen LogP contribution in [0.2, 0.25) is 0 Å². The number of nitrogens with zero attached hydrogens (tertiary/aromatic N) is 1. The van der Waals surface area contributed by atoms with E-state index in [0.717, 1.165) is 37.4 Å². The SMILES string of the molecule is Cc1ccc2[nH]c3c(cc(-c4ccc([As])cc4)c(=O)n3C)c2c1. The average molecular weight is 362 g/mol. The molecule has 0 amide bonds. The van der Waals surface area contributed by atoms with Gasteiger partial charge in [0.2, 0.25) is 0 Å². The molecule has 1 N–H and O–H groups in total. The van der Waals surface area contributed by atoms with Crippen LogP contribution < -0.4 is 9.91 Å². The van der Waals surface area contributed by atoms with Gasteiger partial charge in [-0.05, 0) is 0 Å². The molecule has 2 heterocycles. The van der Waals surface area contributed by atoms with Crippen molar-refractivity contribution in [2.24, 2.45) is 7.05 Å². The standard InChI is InChI=1S/C19H15AsN2O/c1-11-3-8-17-15(9-11)16-10-14(12-4-6-13(20)7-5-12)19(23)22(2)18(16)21-17/h3-10,21H,1-2H3. The Morgan fingerprint density at radius 2 is 1.74 bits per heavy atom. The van der Waals surface area contributed by atoms with Crippen LogP contribution in [0, 0.1) is 6.92 Å². The molecule has 0 aliphatic rings. The van der Waals surface area contributed by atoms with E-state index in [1.807, 2.05) is 37.4 Å². The first-order chi connectivity index (χ1) is 11.0. The quantitative estimate of drug-likeness (QED) is 0.520. The number of aryl methyl sites for hydroxylation is 2. The van der Waals surface area contributed by atoms with E-state index in [-0.39, 0.29) is 5.56 Å². The van der Waals surface area contributed by atoms with Crippen LogP contribution in [0.4, 0.5) is 0 Å². The van der Waals surface area contributed by atoms with E-state index >= 15 is 0 Å². The van der Waals surface area contributed by atoms with E-state index in [4.69, 9.17) is 0 Å². The zero-order valence-electron chi connectivity index (χ0n) is 12.9. The Labute approximate surface area is 142 Å². The molecule has 2 radical (unpaired) electrons. The first-order valence-electron chi connectivity index (χ1n) is 7.46. The molecule has 0 spiro atoms. The molecule has 0 atom stereocenters. The van der Waals surface area contributed by atoms with Crippen molar-refractivity contribution in [1.29, 1.82) is 0 Å². The monoisotopic (exact) mass is 362 g/mol. The van der Waals surface area contributed by atoms with E-state index < -0.39 is 0 Å². The van der Waals surface area contributed by atoms with Crippen LogP contribution in [0.1, 0.15) is 5.56 Å². The number of hydrogen-bond acceptors (Lipinski definition) is 1. The van der Waals surface area contributed by atoms with Crippen LogP contribution in [0.15, 0.2) is 53.3 Å². The van der Waals surface area contributed by atoms with Gasteiger partial charge < -0.3 is 0 Å². The summed E-state index contributed by atoms with van der Waals surface area (Å²) in [5.41, 5.74) is 4.82. The van der Waals surface area contributed by atoms with Crippen molar-refractivity contribution in [2.75, 3.05) is 0 Å². The summed E-state index contributed by atoms with van der Waals surface area (Å²) in [6, 6.07) is 16.3. The van der Waals surface area contributed by atoms with Gasteiger partial charge in [-0.3, -0.25) is 0 Å². The van der Waals surface area contributed by atoms with Crippen molar-refractivity contribution in [3.8, 4) is 11.1 Å². The van der Waals surface area contributed by atoms with E-state index in [9.17, 15) is 4.79 Å². The first kappa shape index (κ1) is 14.3. The molecule has 4 aromatic rings. The Hall–Kier alpha value is -2.25. The Bertz CT molecular complexity index is 1100. The van der Waals surface area contributed by atoms with Crippen LogP contribution >= 0.6 is 0 Å². The summed E-state index contributed by atoms with van der Waals surface area (Å²) in [4.78, 5) is 16.1. The number of nitrogens with one attached hydrogen (secondary N) is 1. The third-order valence-electron chi connectivity index (χ3n) is 4.31. The number of fused-ring (bicyclic) bond motifs is 3. The zero-order valence-corrected chi connectivity index (χ0v) is 14.8. The molecule has 4 rings (SSSR count). The molecule has 0 saturated heterocycles. The van der Waals surface area contributed by atoms with Gasteiger partial charge in [-0.15, -0.1) is 0 Å². The summed E-state index contributed by atoms with van der Waals surface area (Å²) >= 11 is 2.51. The summed E-state index contributed by atoms with van der Waals surface area (Å²) in [5.74, 6) is 0. The zero-order chi connectivity index (χ0) is 16.1. The van der Waals surface area contributed by atoms with Crippen LogP contribution in [-0.2, 0) is 7.05 Å². The van der Waals surface area contributed by atoms with Crippen LogP contribution in [-0.4, -0.2) is 26.4 Å². The predicted molar refractivity (Wildman–Crippen MR) is 96.6 cm³/mol. The maximum atomic E-state index is 12.8. The Morgan fingerprint density at radius 1 is 1.00 bits per heavy atom. The van der Waals surface area contributed by atoms with Gasteiger partial charge in [-0.1, -0.05) is 0 Å². The van der Waals surface area contributed by atoms with Crippen molar-refractivity contribution in [3.63, 3.8) is 0 Å². The minimum absolute atomic E-state index is 0.0131. The molecule has 0 saturated carbocycles. The van der Waals surface area contributed by atoms with Gasteiger partial charge in [0, 0.05) is 0 Å². The molecule has 0 fully saturated rings. The molecule has 23 heavy (non-hydrogen) atoms. The number of aromatic nitrogens is 2. The van der Waals surface area contributed by atoms with Crippen molar-refractivity contribution in [1.82, 2.24) is 9.55 Å². The first-order valence-corrected chi connectivity index (χ1v) is 8.40. The van der Waals surface area contributed by atoms with E-state index in [1.54, 1.807) is 4.57 Å². The minimum atomic E-state index is 0.0131. The normalized spacial score (nSPS) is 11.4. The third kappa shape index (κ3) is 2.24. The average Bonchev–Trinajstić information content (AvgIpc) is 2.90. The number of aromatic amines is 1. The van der Waals surface area contributed by atoms with Crippen LogP contribution in [0.25, 0.3) is 33.1 Å². The van der Waals surface area contributed by atoms with Gasteiger partial charge in [0.15, 0.2) is 0 Å². The van der Waals surface area contributed by atoms with Gasteiger partial charge in [0.1, 0.15) is 0 Å². The van der Waals surface area contributed by atoms with Crippen molar-refractivity contribution >= 4 is 43.1 Å². The molecule has 3 nitrogen and oxygen atoms in total. The van der Waals surface area contributed by atoms with Crippen molar-refractivity contribution in [2.45, 2.75) is 6.92 Å². The fourth-order valence-electron chi connectivity index (χ4n) is 3.06. The van der Waals surface area contributed by atoms with Gasteiger partial charge in [-0.25, -0.2) is 0 Å². The summed E-state index contributed by atoms with van der Waals surface area (Å²) in [6.07, 6.45) is 0. The van der Waals surface area contributed by atoms with Crippen molar-refractivity contribution in [3.05, 3.63) is 64.4 Å². The Kier molecular flexibility index (Phi) is 3.21. The van der Waals surface area contributed by atoms with Gasteiger partial charge >= 0.3 is 142 Å². The Balaban J connectivity index is 2.11. The molecule has 2 aromatic heterocycles. The molecular formula is C19H15AsN2O. The topological polar surface area (TPSA) is 37.8 Å². The summed E-state index contributed by atoms with van der Waals surface area (Å²) < 4.78 is 2.83. The fourth-order valence-corrected chi connectivity index (χ4v) is 3.37. The molecule has 4 heteroatoms. The van der Waals surface area contributed by atoms with E-state index in [1.165, 1.54) is 5.56 Å². The fraction of sp³-hybridized carbons (Fsp3) is 0.105. The van der Waals surface area contributed by atoms with Gasteiger partial charge in [0.25, 0.3) is 0 Å². The third-order valence-corrected chi connectivity index (χ3v) is 4.94. The van der Waals surface area contributed by atoms with Crippen LogP contribution in [0.3, 0.4) is 0 Å². The number of hydrogen-bond donors (Lipinski definition) is 1. The van der Waals surface area contributed by atoms with Gasteiger partial charge in [0.05, 0.1) is 0 Å². The van der Waals surface area contributed by atoms with E-state index in [0.29, 0.717) is 0 Å². The van der Waals surface area contributed by atoms with Gasteiger partial charge in [-0.2, -0.15) is 0 Å². The summed E-state index contributed by atoms with van der Waals surface area (Å²) in [7, 11) is 1.82. The number of rotatable bonds is 1. The molecule has 2 aromatic carbocycles. The second kappa shape index (κ2) is 5.14. The number of pyridine rings is 1. The summed E-state index contributed by atoms with van der Waals surface area (Å²) in [6.45, 7) is 2.08. The second-order valence-electron chi connectivity index (χ2n) is 5.91. The maximum absolute atomic E-state index is 12.8. The second-order valence-corrected chi connectivity index (χ2v) is 6.99. The summed E-state index contributed by atoms with van der Waals surface area (Å²) in [5, 5.41) is 2.23. The van der Waals surface area contributed by atoms with Crippen molar-refractivity contribution < 1.29 is 0 Å². The Morgan fingerprint density at radius 3 is 2.48 bits per heavy atom. The van der Waals surface area contributed by atoms with E-state index in [2.05, 4.69) is 47.0 Å². The number of benzene rings is 2. The molecule has 0 aliphatic carbocycles. The molecule has 0 aliphatic heterocycles. The number of H-pyrrole nitrogens is 1. The molecule has 0 unspecified atom stereocenters. The predicted octanol–water partition coefficient (Wildman–Crippen LogP) is 2.79. The molecule has 112 valence electrons.